The molecule has 1 aliphatic rings. The van der Waals surface area contributed by atoms with Crippen molar-refractivity contribution < 1.29 is 14.0 Å². The van der Waals surface area contributed by atoms with E-state index in [2.05, 4.69) is 5.32 Å². The lowest BCUT2D eigenvalue weighted by Gasteiger charge is -2.18. The van der Waals surface area contributed by atoms with Crippen LogP contribution in [0.3, 0.4) is 0 Å². The van der Waals surface area contributed by atoms with E-state index in [4.69, 9.17) is 4.42 Å². The third-order valence-electron chi connectivity index (χ3n) is 3.54. The molecule has 2 heterocycles. The van der Waals surface area contributed by atoms with Crippen molar-refractivity contribution >= 4 is 11.8 Å². The van der Waals surface area contributed by atoms with Crippen molar-refractivity contribution in [2.24, 2.45) is 0 Å². The van der Waals surface area contributed by atoms with Crippen LogP contribution < -0.4 is 5.32 Å². The van der Waals surface area contributed by atoms with E-state index in [1.807, 2.05) is 30.3 Å². The lowest BCUT2D eigenvalue weighted by molar-refractivity contribution is -0.120. The fourth-order valence-electron chi connectivity index (χ4n) is 2.43. The van der Waals surface area contributed by atoms with Gasteiger partial charge in [-0.1, -0.05) is 30.3 Å². The van der Waals surface area contributed by atoms with E-state index in [-0.39, 0.29) is 11.8 Å². The number of benzene rings is 1. The monoisotopic (exact) mass is 284 g/mol. The number of carbonyl (C=O) groups excluding carboxylic acids is 2. The van der Waals surface area contributed by atoms with Gasteiger partial charge in [-0.15, -0.1) is 0 Å². The van der Waals surface area contributed by atoms with Crippen LogP contribution >= 0.6 is 0 Å². The van der Waals surface area contributed by atoms with Gasteiger partial charge in [-0.25, -0.2) is 0 Å². The van der Waals surface area contributed by atoms with Gasteiger partial charge in [0.15, 0.2) is 5.76 Å². The second-order valence-corrected chi connectivity index (χ2v) is 4.92. The first-order chi connectivity index (χ1) is 10.3. The topological polar surface area (TPSA) is 62.6 Å². The normalized spacial score (nSPS) is 15.4. The fraction of sp³-hybridized carbons (Fsp3) is 0.250. The minimum Gasteiger partial charge on any atom is -0.459 e. The highest BCUT2D eigenvalue weighted by Crippen LogP contribution is 2.25. The van der Waals surface area contributed by atoms with Crippen molar-refractivity contribution in [1.82, 2.24) is 10.2 Å². The Hall–Kier alpha value is -2.56. The van der Waals surface area contributed by atoms with E-state index in [1.54, 1.807) is 11.0 Å². The lowest BCUT2D eigenvalue weighted by atomic mass is 10.1. The van der Waals surface area contributed by atoms with Crippen LogP contribution in [0.1, 0.15) is 17.0 Å². The zero-order valence-electron chi connectivity index (χ0n) is 11.5. The zero-order chi connectivity index (χ0) is 14.7. The number of rotatable bonds is 2. The summed E-state index contributed by atoms with van der Waals surface area (Å²) in [6.45, 7) is 1.39. The summed E-state index contributed by atoms with van der Waals surface area (Å²) in [5.74, 6) is 0.138. The molecule has 2 aromatic rings. The molecule has 0 saturated carbocycles. The lowest BCUT2D eigenvalue weighted by Crippen LogP contribution is -2.34. The molecule has 0 radical (unpaired) electrons. The molecule has 1 aromatic carbocycles. The Kier molecular flexibility index (Phi) is 3.73. The fourth-order valence-corrected chi connectivity index (χ4v) is 2.43. The van der Waals surface area contributed by atoms with Gasteiger partial charge >= 0.3 is 0 Å². The van der Waals surface area contributed by atoms with E-state index in [1.165, 1.54) is 6.26 Å². The van der Waals surface area contributed by atoms with Gasteiger partial charge in [0.1, 0.15) is 0 Å². The highest BCUT2D eigenvalue weighted by Gasteiger charge is 2.24. The molecule has 21 heavy (non-hydrogen) atoms. The van der Waals surface area contributed by atoms with Crippen molar-refractivity contribution in [3.05, 3.63) is 48.4 Å². The van der Waals surface area contributed by atoms with E-state index >= 15 is 0 Å². The Balaban J connectivity index is 1.86. The van der Waals surface area contributed by atoms with Crippen molar-refractivity contribution in [1.29, 1.82) is 0 Å². The summed E-state index contributed by atoms with van der Waals surface area (Å²) in [6.07, 6.45) is 1.85. The molecule has 1 aliphatic heterocycles. The number of furan rings is 1. The van der Waals surface area contributed by atoms with Gasteiger partial charge in [0.2, 0.25) is 5.91 Å². The summed E-state index contributed by atoms with van der Waals surface area (Å²) in [6, 6.07) is 11.4. The maximum Gasteiger partial charge on any atom is 0.290 e. The van der Waals surface area contributed by atoms with Crippen molar-refractivity contribution in [2.45, 2.75) is 6.42 Å². The molecule has 0 atom stereocenters. The van der Waals surface area contributed by atoms with Gasteiger partial charge in [0.25, 0.3) is 5.91 Å². The molecule has 5 heteroatoms. The molecule has 2 amide bonds. The average molecular weight is 284 g/mol. The van der Waals surface area contributed by atoms with Crippen molar-refractivity contribution in [2.75, 3.05) is 19.6 Å². The van der Waals surface area contributed by atoms with Gasteiger partial charge < -0.3 is 14.6 Å². The Morgan fingerprint density at radius 2 is 1.95 bits per heavy atom. The minimum atomic E-state index is -0.171. The molecule has 0 unspecified atom stereocenters. The molecule has 3 rings (SSSR count). The number of hydrogen-bond acceptors (Lipinski definition) is 3. The van der Waals surface area contributed by atoms with Gasteiger partial charge in [-0.2, -0.15) is 0 Å². The van der Waals surface area contributed by atoms with E-state index < -0.39 is 0 Å². The first-order valence-corrected chi connectivity index (χ1v) is 6.94. The smallest absolute Gasteiger partial charge is 0.290 e. The summed E-state index contributed by atoms with van der Waals surface area (Å²) in [4.78, 5) is 25.6. The number of carbonyl (C=O) groups is 2. The van der Waals surface area contributed by atoms with Crippen LogP contribution in [-0.4, -0.2) is 36.3 Å². The van der Waals surface area contributed by atoms with Crippen LogP contribution in [-0.2, 0) is 4.79 Å². The predicted octanol–water partition coefficient (Wildman–Crippen LogP) is 1.91. The van der Waals surface area contributed by atoms with Crippen LogP contribution in [0, 0.1) is 0 Å². The zero-order valence-corrected chi connectivity index (χ0v) is 11.5. The molecule has 0 bridgehead atoms. The molecule has 1 saturated heterocycles. The molecule has 1 N–H and O–H groups in total. The van der Waals surface area contributed by atoms with Crippen LogP contribution in [0.2, 0.25) is 0 Å². The molecule has 0 spiro atoms. The number of amides is 2. The largest absolute Gasteiger partial charge is 0.459 e. The third-order valence-corrected chi connectivity index (χ3v) is 3.54. The molecular weight excluding hydrogens is 268 g/mol. The van der Waals surface area contributed by atoms with Crippen LogP contribution in [0.25, 0.3) is 11.1 Å². The third kappa shape index (κ3) is 2.81. The van der Waals surface area contributed by atoms with Crippen LogP contribution in [0.5, 0.6) is 0 Å². The number of hydrogen-bond donors (Lipinski definition) is 1. The van der Waals surface area contributed by atoms with Gasteiger partial charge in [-0.3, -0.25) is 9.59 Å². The second kappa shape index (κ2) is 5.83. The second-order valence-electron chi connectivity index (χ2n) is 4.92. The maximum atomic E-state index is 12.6. The van der Waals surface area contributed by atoms with Crippen LogP contribution in [0.4, 0.5) is 0 Å². The summed E-state index contributed by atoms with van der Waals surface area (Å²) in [7, 11) is 0. The SMILES string of the molecule is O=C1CCN(C(=O)c2occc2-c2ccccc2)CCN1. The predicted molar refractivity (Wildman–Crippen MR) is 77.7 cm³/mol. The molecule has 1 aromatic heterocycles. The number of nitrogens with one attached hydrogen (secondary N) is 1. The summed E-state index contributed by atoms with van der Waals surface area (Å²) in [5.41, 5.74) is 1.72. The molecule has 0 aliphatic carbocycles. The molecular formula is C16H16N2O3. The highest BCUT2D eigenvalue weighted by atomic mass is 16.3. The first-order valence-electron chi connectivity index (χ1n) is 6.94. The Bertz CT molecular complexity index is 649. The highest BCUT2D eigenvalue weighted by molar-refractivity contribution is 5.98. The average Bonchev–Trinajstić information content (AvgIpc) is 2.90. The Morgan fingerprint density at radius 3 is 2.76 bits per heavy atom. The summed E-state index contributed by atoms with van der Waals surface area (Å²) in [5, 5.41) is 2.76. The van der Waals surface area contributed by atoms with Gasteiger partial charge in [-0.05, 0) is 11.6 Å². The standard InChI is InChI=1S/C16H16N2O3/c19-14-6-9-18(10-8-17-14)16(20)15-13(7-11-21-15)12-4-2-1-3-5-12/h1-5,7,11H,6,8-10H2,(H,17,19). The molecule has 1 fully saturated rings. The first kappa shape index (κ1) is 13.4. The van der Waals surface area contributed by atoms with Crippen molar-refractivity contribution in [3.63, 3.8) is 0 Å². The quantitative estimate of drug-likeness (QED) is 0.916. The van der Waals surface area contributed by atoms with Gasteiger partial charge in [0.05, 0.1) is 6.26 Å². The van der Waals surface area contributed by atoms with E-state index in [9.17, 15) is 9.59 Å². The Morgan fingerprint density at radius 1 is 1.14 bits per heavy atom. The molecule has 108 valence electrons. The van der Waals surface area contributed by atoms with Crippen molar-refractivity contribution in [3.8, 4) is 11.1 Å². The Labute approximate surface area is 122 Å². The number of nitrogens with zero attached hydrogens (tertiary/aromatic N) is 1. The minimum absolute atomic E-state index is 0.0203. The summed E-state index contributed by atoms with van der Waals surface area (Å²) < 4.78 is 5.41. The summed E-state index contributed by atoms with van der Waals surface area (Å²) >= 11 is 0. The van der Waals surface area contributed by atoms with E-state index in [0.29, 0.717) is 31.8 Å². The van der Waals surface area contributed by atoms with Crippen LogP contribution in [0.15, 0.2) is 47.1 Å². The van der Waals surface area contributed by atoms with E-state index in [0.717, 1.165) is 11.1 Å². The van der Waals surface area contributed by atoms with Gasteiger partial charge in [0, 0.05) is 31.6 Å². The molecule has 5 nitrogen and oxygen atoms in total. The maximum absolute atomic E-state index is 12.6.